The lowest BCUT2D eigenvalue weighted by Crippen LogP contribution is -2.56. The molecule has 0 bridgehead atoms. The van der Waals surface area contributed by atoms with Crippen LogP contribution in [0.25, 0.3) is 11.5 Å². The molecule has 3 aromatic rings. The third-order valence-corrected chi connectivity index (χ3v) is 7.33. The number of hydrogen-bond acceptors (Lipinski definition) is 5. The first-order chi connectivity index (χ1) is 17.3. The number of carbonyl (C=O) groups is 2. The van der Waals surface area contributed by atoms with Gasteiger partial charge in [0.2, 0.25) is 11.8 Å². The van der Waals surface area contributed by atoms with Crippen LogP contribution in [0.2, 0.25) is 0 Å². The van der Waals surface area contributed by atoms with Crippen LogP contribution in [0.5, 0.6) is 0 Å². The summed E-state index contributed by atoms with van der Waals surface area (Å²) in [5.41, 5.74) is 1.98. The van der Waals surface area contributed by atoms with Crippen molar-refractivity contribution in [1.29, 1.82) is 0 Å². The first-order valence-electron chi connectivity index (χ1n) is 12.2. The summed E-state index contributed by atoms with van der Waals surface area (Å²) in [4.78, 5) is 28.6. The van der Waals surface area contributed by atoms with Crippen molar-refractivity contribution in [2.24, 2.45) is 0 Å². The van der Waals surface area contributed by atoms with E-state index in [0.29, 0.717) is 17.7 Å². The van der Waals surface area contributed by atoms with Gasteiger partial charge in [-0.15, -0.1) is 10.2 Å². The highest BCUT2D eigenvalue weighted by atomic mass is 19.3. The summed E-state index contributed by atoms with van der Waals surface area (Å²) in [5.74, 6) is -1.01. The minimum atomic E-state index is -2.86. The fourth-order valence-electron chi connectivity index (χ4n) is 5.15. The second-order valence-corrected chi connectivity index (χ2v) is 9.97. The molecule has 0 unspecified atom stereocenters. The van der Waals surface area contributed by atoms with E-state index in [1.807, 2.05) is 49.1 Å². The molecule has 2 atom stereocenters. The maximum absolute atomic E-state index is 13.5. The van der Waals surface area contributed by atoms with Crippen molar-refractivity contribution >= 4 is 11.8 Å². The average molecular weight is 495 g/mol. The molecule has 1 aromatic heterocycles. The molecule has 1 aliphatic heterocycles. The largest absolute Gasteiger partial charge is 0.415 e. The van der Waals surface area contributed by atoms with E-state index in [1.165, 1.54) is 0 Å². The third-order valence-electron chi connectivity index (χ3n) is 7.33. The van der Waals surface area contributed by atoms with Crippen LogP contribution in [0.1, 0.15) is 73.3 Å². The zero-order valence-corrected chi connectivity index (χ0v) is 20.2. The molecule has 1 N–H and O–H groups in total. The molecule has 5 rings (SSSR count). The van der Waals surface area contributed by atoms with Crippen molar-refractivity contribution in [3.63, 3.8) is 0 Å². The Hall–Kier alpha value is -3.62. The Labute approximate surface area is 207 Å². The summed E-state index contributed by atoms with van der Waals surface area (Å²) in [5, 5.41) is 10.3. The molecule has 1 fully saturated rings. The quantitative estimate of drug-likeness (QED) is 0.519. The molecule has 36 heavy (non-hydrogen) atoms. The van der Waals surface area contributed by atoms with Crippen LogP contribution in [-0.2, 0) is 16.8 Å². The number of alkyl halides is 2. The van der Waals surface area contributed by atoms with Gasteiger partial charge in [-0.3, -0.25) is 9.59 Å². The lowest BCUT2D eigenvalue weighted by atomic mass is 9.82. The van der Waals surface area contributed by atoms with Crippen LogP contribution in [0.15, 0.2) is 52.9 Å². The van der Waals surface area contributed by atoms with E-state index in [2.05, 4.69) is 15.5 Å². The van der Waals surface area contributed by atoms with E-state index in [4.69, 9.17) is 4.42 Å². The van der Waals surface area contributed by atoms with E-state index < -0.39 is 17.7 Å². The average Bonchev–Trinajstić information content (AvgIpc) is 3.50. The highest BCUT2D eigenvalue weighted by Gasteiger charge is 2.40. The van der Waals surface area contributed by atoms with Crippen molar-refractivity contribution in [1.82, 2.24) is 20.4 Å². The second-order valence-electron chi connectivity index (χ2n) is 9.97. The molecule has 0 saturated heterocycles. The van der Waals surface area contributed by atoms with Crippen molar-refractivity contribution in [3.05, 3.63) is 71.1 Å². The summed E-state index contributed by atoms with van der Waals surface area (Å²) >= 11 is 0. The second kappa shape index (κ2) is 9.44. The number of halogens is 2. The lowest BCUT2D eigenvalue weighted by Gasteiger charge is -2.39. The van der Waals surface area contributed by atoms with Gasteiger partial charge in [-0.2, -0.15) is 8.78 Å². The van der Waals surface area contributed by atoms with Crippen molar-refractivity contribution in [2.45, 2.75) is 70.0 Å². The predicted octanol–water partition coefficient (Wildman–Crippen LogP) is 5.04. The van der Waals surface area contributed by atoms with Crippen LogP contribution in [-0.4, -0.2) is 39.0 Å². The third kappa shape index (κ3) is 4.38. The highest BCUT2D eigenvalue weighted by Crippen LogP contribution is 2.34. The van der Waals surface area contributed by atoms with Crippen LogP contribution >= 0.6 is 0 Å². The molecule has 2 amide bonds. The number of amides is 2. The van der Waals surface area contributed by atoms with Gasteiger partial charge in [-0.05, 0) is 49.9 Å². The first-order valence-corrected chi connectivity index (χ1v) is 12.2. The van der Waals surface area contributed by atoms with E-state index >= 15 is 0 Å². The SMILES string of the molecule is CC(C)(C(=O)N[C@@H]1CCCC[C@H]1N1Cc2ccc(-c3nnc(C(F)F)o3)cc2C1=O)c1ccccc1. The van der Waals surface area contributed by atoms with Gasteiger partial charge in [0.1, 0.15) is 0 Å². The standard InChI is InChI=1S/C27H28F2N4O3/c1-27(2,18-8-4-3-5-9-18)26(35)30-20-10-6-7-11-21(20)33-15-17-13-12-16(14-19(17)25(33)34)23-31-32-24(36-23)22(28)29/h3-5,8-9,12-14,20-22H,6-7,10-11,15H2,1-2H3,(H,30,35)/t20-,21-/m1/s1. The minimum Gasteiger partial charge on any atom is -0.415 e. The predicted molar refractivity (Wildman–Crippen MR) is 128 cm³/mol. The molecule has 1 saturated carbocycles. The molecule has 7 nitrogen and oxygen atoms in total. The molecule has 9 heteroatoms. The lowest BCUT2D eigenvalue weighted by molar-refractivity contribution is -0.127. The number of aromatic nitrogens is 2. The first kappa shape index (κ1) is 24.1. The summed E-state index contributed by atoms with van der Waals surface area (Å²) < 4.78 is 30.7. The number of nitrogens with one attached hydrogen (secondary N) is 1. The number of carbonyl (C=O) groups excluding carboxylic acids is 2. The molecular formula is C27H28F2N4O3. The molecule has 188 valence electrons. The van der Waals surface area contributed by atoms with Crippen LogP contribution < -0.4 is 5.32 Å². The molecule has 1 aliphatic carbocycles. The highest BCUT2D eigenvalue weighted by molar-refractivity contribution is 5.99. The number of fused-ring (bicyclic) bond motifs is 1. The molecule has 0 radical (unpaired) electrons. The fourth-order valence-corrected chi connectivity index (χ4v) is 5.15. The zero-order chi connectivity index (χ0) is 25.4. The fraction of sp³-hybridized carbons (Fsp3) is 0.407. The molecule has 0 spiro atoms. The maximum Gasteiger partial charge on any atom is 0.314 e. The zero-order valence-electron chi connectivity index (χ0n) is 20.2. The van der Waals surface area contributed by atoms with Gasteiger partial charge in [0.05, 0.1) is 11.5 Å². The van der Waals surface area contributed by atoms with Gasteiger partial charge in [-0.1, -0.05) is 49.2 Å². The van der Waals surface area contributed by atoms with E-state index in [1.54, 1.807) is 18.2 Å². The monoisotopic (exact) mass is 494 g/mol. The Morgan fingerprint density at radius 1 is 1.11 bits per heavy atom. The van der Waals surface area contributed by atoms with Gasteiger partial charge in [-0.25, -0.2) is 0 Å². The van der Waals surface area contributed by atoms with E-state index in [9.17, 15) is 18.4 Å². The number of hydrogen-bond donors (Lipinski definition) is 1. The number of rotatable bonds is 6. The molecular weight excluding hydrogens is 466 g/mol. The van der Waals surface area contributed by atoms with Crippen LogP contribution in [0.4, 0.5) is 8.78 Å². The van der Waals surface area contributed by atoms with Crippen LogP contribution in [0, 0.1) is 0 Å². The summed E-state index contributed by atoms with van der Waals surface area (Å²) in [6.45, 7) is 4.25. The van der Waals surface area contributed by atoms with Crippen LogP contribution in [0.3, 0.4) is 0 Å². The molecule has 2 aliphatic rings. The Bertz CT molecular complexity index is 1280. The van der Waals surface area contributed by atoms with E-state index in [-0.39, 0.29) is 29.8 Å². The van der Waals surface area contributed by atoms with Crippen molar-refractivity contribution in [3.8, 4) is 11.5 Å². The maximum atomic E-state index is 13.5. The Kier molecular flexibility index (Phi) is 6.32. The van der Waals surface area contributed by atoms with Crippen molar-refractivity contribution in [2.75, 3.05) is 0 Å². The molecule has 2 heterocycles. The van der Waals surface area contributed by atoms with Gasteiger partial charge in [0.25, 0.3) is 11.8 Å². The number of nitrogens with zero attached hydrogens (tertiary/aromatic N) is 3. The summed E-state index contributed by atoms with van der Waals surface area (Å²) in [6, 6.07) is 14.5. The normalized spacial score (nSPS) is 20.0. The Morgan fingerprint density at radius 2 is 1.86 bits per heavy atom. The Morgan fingerprint density at radius 3 is 2.58 bits per heavy atom. The number of benzene rings is 2. The van der Waals surface area contributed by atoms with Gasteiger partial charge < -0.3 is 14.6 Å². The smallest absolute Gasteiger partial charge is 0.314 e. The van der Waals surface area contributed by atoms with Gasteiger partial charge in [0, 0.05) is 23.7 Å². The van der Waals surface area contributed by atoms with Gasteiger partial charge in [0.15, 0.2) is 0 Å². The minimum absolute atomic E-state index is 0.0506. The summed E-state index contributed by atoms with van der Waals surface area (Å²) in [6.07, 6.45) is 0.692. The van der Waals surface area contributed by atoms with Gasteiger partial charge >= 0.3 is 6.43 Å². The van der Waals surface area contributed by atoms with Crippen molar-refractivity contribution < 1.29 is 22.8 Å². The Balaban J connectivity index is 1.35. The summed E-state index contributed by atoms with van der Waals surface area (Å²) in [7, 11) is 0. The molecule has 2 aromatic carbocycles. The topological polar surface area (TPSA) is 88.3 Å². The van der Waals surface area contributed by atoms with E-state index in [0.717, 1.165) is 36.8 Å².